The summed E-state index contributed by atoms with van der Waals surface area (Å²) in [5.74, 6) is 0.480. The van der Waals surface area contributed by atoms with Crippen molar-refractivity contribution < 1.29 is 4.39 Å². The first kappa shape index (κ1) is 10.4. The van der Waals surface area contributed by atoms with Crippen molar-refractivity contribution in [2.24, 2.45) is 11.7 Å². The van der Waals surface area contributed by atoms with Crippen LogP contribution in [-0.4, -0.2) is 12.6 Å². The molecule has 3 N–H and O–H groups in total. The van der Waals surface area contributed by atoms with Crippen LogP contribution in [0.5, 0.6) is 0 Å². The lowest BCUT2D eigenvalue weighted by molar-refractivity contribution is 0.565. The van der Waals surface area contributed by atoms with Gasteiger partial charge in [-0.25, -0.2) is 4.39 Å². The number of rotatable bonds is 3. The third kappa shape index (κ3) is 2.93. The highest BCUT2D eigenvalue weighted by atomic mass is 19.1. The maximum absolute atomic E-state index is 12.6. The van der Waals surface area contributed by atoms with Crippen LogP contribution in [0.4, 0.5) is 10.1 Å². The van der Waals surface area contributed by atoms with E-state index in [0.29, 0.717) is 12.0 Å². The zero-order valence-electron chi connectivity index (χ0n) is 8.75. The summed E-state index contributed by atoms with van der Waals surface area (Å²) in [7, 11) is 0. The number of nitrogens with one attached hydrogen (secondary N) is 1. The van der Waals surface area contributed by atoms with Gasteiger partial charge < -0.3 is 11.1 Å². The maximum atomic E-state index is 12.6. The highest BCUT2D eigenvalue weighted by Crippen LogP contribution is 2.24. The fourth-order valence-electron chi connectivity index (χ4n) is 2.13. The van der Waals surface area contributed by atoms with E-state index in [0.717, 1.165) is 25.1 Å². The van der Waals surface area contributed by atoms with Crippen LogP contribution in [0, 0.1) is 11.7 Å². The highest BCUT2D eigenvalue weighted by Gasteiger charge is 2.20. The Bertz CT molecular complexity index is 310. The van der Waals surface area contributed by atoms with Gasteiger partial charge in [0.05, 0.1) is 0 Å². The standard InChI is InChI=1S/C12H17FN2/c13-10-2-5-12(6-3-10)15-8-9-1-4-11(14)7-9/h2-3,5-6,9,11,15H,1,4,7-8,14H2. The molecule has 0 aliphatic heterocycles. The van der Waals surface area contributed by atoms with Crippen molar-refractivity contribution in [3.05, 3.63) is 30.1 Å². The molecule has 82 valence electrons. The van der Waals surface area contributed by atoms with Gasteiger partial charge in [-0.05, 0) is 49.4 Å². The Labute approximate surface area is 89.7 Å². The van der Waals surface area contributed by atoms with E-state index in [1.54, 1.807) is 12.1 Å². The van der Waals surface area contributed by atoms with Crippen molar-refractivity contribution in [3.8, 4) is 0 Å². The van der Waals surface area contributed by atoms with Crippen LogP contribution < -0.4 is 11.1 Å². The number of hydrogen-bond donors (Lipinski definition) is 2. The van der Waals surface area contributed by atoms with E-state index in [4.69, 9.17) is 5.73 Å². The van der Waals surface area contributed by atoms with Gasteiger partial charge in [0.15, 0.2) is 0 Å². The Hall–Kier alpha value is -1.09. The van der Waals surface area contributed by atoms with Crippen molar-refractivity contribution in [3.63, 3.8) is 0 Å². The third-order valence-corrected chi connectivity index (χ3v) is 3.02. The molecule has 1 aliphatic carbocycles. The molecule has 2 atom stereocenters. The maximum Gasteiger partial charge on any atom is 0.123 e. The van der Waals surface area contributed by atoms with Crippen molar-refractivity contribution in [2.45, 2.75) is 25.3 Å². The van der Waals surface area contributed by atoms with Gasteiger partial charge in [0.1, 0.15) is 5.82 Å². The van der Waals surface area contributed by atoms with E-state index in [2.05, 4.69) is 5.32 Å². The Morgan fingerprint density at radius 3 is 2.60 bits per heavy atom. The molecule has 2 unspecified atom stereocenters. The van der Waals surface area contributed by atoms with Gasteiger partial charge >= 0.3 is 0 Å². The summed E-state index contributed by atoms with van der Waals surface area (Å²) < 4.78 is 12.6. The molecule has 1 fully saturated rings. The van der Waals surface area contributed by atoms with Gasteiger partial charge in [-0.2, -0.15) is 0 Å². The normalized spacial score (nSPS) is 25.5. The topological polar surface area (TPSA) is 38.0 Å². The molecule has 0 aromatic heterocycles. The van der Waals surface area contributed by atoms with Gasteiger partial charge in [0.2, 0.25) is 0 Å². The molecule has 2 rings (SSSR count). The third-order valence-electron chi connectivity index (χ3n) is 3.02. The number of hydrogen-bond acceptors (Lipinski definition) is 2. The Morgan fingerprint density at radius 2 is 2.00 bits per heavy atom. The van der Waals surface area contributed by atoms with Crippen LogP contribution in [0.3, 0.4) is 0 Å². The van der Waals surface area contributed by atoms with Gasteiger partial charge in [-0.1, -0.05) is 0 Å². The molecule has 1 aromatic carbocycles. The average molecular weight is 208 g/mol. The second-order valence-electron chi connectivity index (χ2n) is 4.33. The minimum Gasteiger partial charge on any atom is -0.385 e. The van der Waals surface area contributed by atoms with Crippen molar-refractivity contribution >= 4 is 5.69 Å². The monoisotopic (exact) mass is 208 g/mol. The first-order valence-electron chi connectivity index (χ1n) is 5.49. The molecule has 1 aliphatic rings. The molecule has 15 heavy (non-hydrogen) atoms. The number of benzene rings is 1. The molecule has 1 aromatic rings. The van der Waals surface area contributed by atoms with Crippen LogP contribution in [0.15, 0.2) is 24.3 Å². The fourth-order valence-corrected chi connectivity index (χ4v) is 2.13. The number of anilines is 1. The minimum absolute atomic E-state index is 0.191. The first-order valence-corrected chi connectivity index (χ1v) is 5.49. The van der Waals surface area contributed by atoms with Gasteiger partial charge in [0, 0.05) is 18.3 Å². The van der Waals surface area contributed by atoms with Gasteiger partial charge in [-0.15, -0.1) is 0 Å². The quantitative estimate of drug-likeness (QED) is 0.800. The number of halogens is 1. The highest BCUT2D eigenvalue weighted by molar-refractivity contribution is 5.42. The molecule has 2 nitrogen and oxygen atoms in total. The second kappa shape index (κ2) is 4.62. The van der Waals surface area contributed by atoms with E-state index in [1.165, 1.54) is 18.6 Å². The summed E-state index contributed by atoms with van der Waals surface area (Å²) >= 11 is 0. The number of nitrogens with two attached hydrogens (primary N) is 1. The van der Waals surface area contributed by atoms with Gasteiger partial charge in [0.25, 0.3) is 0 Å². The zero-order chi connectivity index (χ0) is 10.7. The van der Waals surface area contributed by atoms with Crippen molar-refractivity contribution in [2.75, 3.05) is 11.9 Å². The molecule has 0 bridgehead atoms. The molecule has 1 saturated carbocycles. The first-order chi connectivity index (χ1) is 7.24. The minimum atomic E-state index is -0.191. The van der Waals surface area contributed by atoms with Crippen LogP contribution in [0.2, 0.25) is 0 Å². The Balaban J connectivity index is 1.80. The SMILES string of the molecule is NC1CCC(CNc2ccc(F)cc2)C1. The Kier molecular flexibility index (Phi) is 3.21. The molecule has 0 spiro atoms. The summed E-state index contributed by atoms with van der Waals surface area (Å²) in [6.07, 6.45) is 3.44. The smallest absolute Gasteiger partial charge is 0.123 e. The summed E-state index contributed by atoms with van der Waals surface area (Å²) in [4.78, 5) is 0. The fraction of sp³-hybridized carbons (Fsp3) is 0.500. The van der Waals surface area contributed by atoms with E-state index >= 15 is 0 Å². The average Bonchev–Trinajstić information content (AvgIpc) is 2.64. The van der Waals surface area contributed by atoms with Gasteiger partial charge in [-0.3, -0.25) is 0 Å². The summed E-state index contributed by atoms with van der Waals surface area (Å²) in [5, 5.41) is 3.31. The molecule has 0 saturated heterocycles. The molecule has 0 amide bonds. The predicted octanol–water partition coefficient (Wildman–Crippen LogP) is 2.37. The van der Waals surface area contributed by atoms with E-state index < -0.39 is 0 Å². The predicted molar refractivity (Wildman–Crippen MR) is 60.2 cm³/mol. The lowest BCUT2D eigenvalue weighted by Gasteiger charge is -2.11. The van der Waals surface area contributed by atoms with Crippen LogP contribution in [0.25, 0.3) is 0 Å². The molecular formula is C12H17FN2. The second-order valence-corrected chi connectivity index (χ2v) is 4.33. The lowest BCUT2D eigenvalue weighted by atomic mass is 10.1. The molecule has 3 heteroatoms. The largest absolute Gasteiger partial charge is 0.385 e. The summed E-state index contributed by atoms with van der Waals surface area (Å²) in [6, 6.07) is 6.87. The molecular weight excluding hydrogens is 191 g/mol. The van der Waals surface area contributed by atoms with E-state index in [9.17, 15) is 4.39 Å². The summed E-state index contributed by atoms with van der Waals surface area (Å²) in [5.41, 5.74) is 6.82. The molecule has 0 radical (unpaired) electrons. The van der Waals surface area contributed by atoms with Crippen LogP contribution in [-0.2, 0) is 0 Å². The molecule has 0 heterocycles. The lowest BCUT2D eigenvalue weighted by Crippen LogP contribution is -2.17. The van der Waals surface area contributed by atoms with Crippen molar-refractivity contribution in [1.82, 2.24) is 0 Å². The van der Waals surface area contributed by atoms with E-state index in [-0.39, 0.29) is 5.82 Å². The van der Waals surface area contributed by atoms with Crippen molar-refractivity contribution in [1.29, 1.82) is 0 Å². The van der Waals surface area contributed by atoms with Crippen LogP contribution in [0.1, 0.15) is 19.3 Å². The van der Waals surface area contributed by atoms with Crippen LogP contribution >= 0.6 is 0 Å². The Morgan fingerprint density at radius 1 is 1.27 bits per heavy atom. The zero-order valence-corrected chi connectivity index (χ0v) is 8.75. The van der Waals surface area contributed by atoms with E-state index in [1.807, 2.05) is 0 Å². The summed E-state index contributed by atoms with van der Waals surface area (Å²) in [6.45, 7) is 0.944.